The van der Waals surface area contributed by atoms with Crippen LogP contribution in [-0.2, 0) is 0 Å². The van der Waals surface area contributed by atoms with Crippen LogP contribution in [0.5, 0.6) is 0 Å². The maximum atomic E-state index is 13.5. The second-order valence-electron chi connectivity index (χ2n) is 7.76. The average Bonchev–Trinajstić information content (AvgIpc) is 3.12. The number of rotatable bonds is 7. The summed E-state index contributed by atoms with van der Waals surface area (Å²) >= 11 is 1.35. The van der Waals surface area contributed by atoms with E-state index in [1.165, 1.54) is 29.5 Å². The van der Waals surface area contributed by atoms with Gasteiger partial charge in [0.25, 0.3) is 0 Å². The van der Waals surface area contributed by atoms with Crippen LogP contribution in [0.15, 0.2) is 41.6 Å². The first kappa shape index (κ1) is 22.2. The van der Waals surface area contributed by atoms with Gasteiger partial charge in [-0.3, -0.25) is 14.3 Å². The van der Waals surface area contributed by atoms with Crippen LogP contribution >= 0.6 is 11.8 Å². The predicted octanol–water partition coefficient (Wildman–Crippen LogP) is 4.93. The van der Waals surface area contributed by atoms with Crippen molar-refractivity contribution in [3.63, 3.8) is 0 Å². The number of benzene rings is 2. The Morgan fingerprint density at radius 3 is 2.33 bits per heavy atom. The van der Waals surface area contributed by atoms with Crippen molar-refractivity contribution in [3.8, 4) is 5.69 Å². The zero-order valence-corrected chi connectivity index (χ0v) is 19.0. The monoisotopic (exact) mass is 426 g/mol. The van der Waals surface area contributed by atoms with Crippen molar-refractivity contribution in [2.45, 2.75) is 38.9 Å². The molecule has 0 unspecified atom stereocenters. The zero-order valence-electron chi connectivity index (χ0n) is 18.2. The van der Waals surface area contributed by atoms with Crippen LogP contribution in [0.2, 0.25) is 0 Å². The molecule has 0 aliphatic rings. The van der Waals surface area contributed by atoms with Gasteiger partial charge >= 0.3 is 0 Å². The van der Waals surface area contributed by atoms with E-state index >= 15 is 0 Å². The third-order valence-corrected chi connectivity index (χ3v) is 6.29. The van der Waals surface area contributed by atoms with Gasteiger partial charge in [-0.05, 0) is 88.8 Å². The molecule has 0 spiro atoms. The number of halogens is 1. The van der Waals surface area contributed by atoms with Gasteiger partial charge < -0.3 is 0 Å². The number of hydrogen-bond donors (Lipinski definition) is 0. The van der Waals surface area contributed by atoms with E-state index in [1.54, 1.807) is 12.1 Å². The van der Waals surface area contributed by atoms with Crippen LogP contribution in [0.1, 0.15) is 45.8 Å². The first-order valence-corrected chi connectivity index (χ1v) is 10.8. The highest BCUT2D eigenvalue weighted by Gasteiger charge is 2.22. The van der Waals surface area contributed by atoms with Gasteiger partial charge in [-0.15, -0.1) is 10.2 Å². The Morgan fingerprint density at radius 2 is 1.70 bits per heavy atom. The molecule has 1 atom stereocenters. The minimum absolute atomic E-state index is 0.00500. The number of carbonyl (C=O) groups is 1. The molecule has 0 aliphatic carbocycles. The molecule has 0 amide bonds. The highest BCUT2D eigenvalue weighted by Crippen LogP contribution is 2.28. The summed E-state index contributed by atoms with van der Waals surface area (Å²) in [5, 5.41) is 9.33. The second-order valence-corrected chi connectivity index (χ2v) is 8.70. The lowest BCUT2D eigenvalue weighted by Gasteiger charge is -2.20. The first-order chi connectivity index (χ1) is 14.2. The molecule has 0 radical (unpaired) electrons. The van der Waals surface area contributed by atoms with Gasteiger partial charge in [0.05, 0.1) is 11.8 Å². The lowest BCUT2D eigenvalue weighted by molar-refractivity contribution is 0.102. The van der Waals surface area contributed by atoms with Crippen molar-refractivity contribution >= 4 is 17.5 Å². The third kappa shape index (κ3) is 4.63. The van der Waals surface area contributed by atoms with E-state index in [4.69, 9.17) is 0 Å². The average molecular weight is 427 g/mol. The van der Waals surface area contributed by atoms with E-state index in [2.05, 4.69) is 10.2 Å². The van der Waals surface area contributed by atoms with Gasteiger partial charge in [0.15, 0.2) is 16.8 Å². The fourth-order valence-corrected chi connectivity index (χ4v) is 4.02. The smallest absolute Gasteiger partial charge is 0.196 e. The fourth-order valence-electron chi connectivity index (χ4n) is 3.18. The molecular formula is C23H27FN4OS. The van der Waals surface area contributed by atoms with Crippen LogP contribution in [0.25, 0.3) is 5.69 Å². The van der Waals surface area contributed by atoms with E-state index in [0.29, 0.717) is 5.16 Å². The van der Waals surface area contributed by atoms with E-state index < -0.39 is 0 Å². The molecule has 2 aromatic carbocycles. The minimum atomic E-state index is -0.302. The second kappa shape index (κ2) is 9.10. The quantitative estimate of drug-likeness (QED) is 0.396. The molecule has 0 saturated carbocycles. The molecule has 5 nitrogen and oxygen atoms in total. The van der Waals surface area contributed by atoms with Gasteiger partial charge in [0.2, 0.25) is 0 Å². The summed E-state index contributed by atoms with van der Waals surface area (Å²) in [5.41, 5.74) is 4.76. The van der Waals surface area contributed by atoms with Crippen LogP contribution in [0.3, 0.4) is 0 Å². The molecule has 3 rings (SSSR count). The molecule has 1 aromatic heterocycles. The summed E-state index contributed by atoms with van der Waals surface area (Å²) < 4.78 is 15.4. The van der Waals surface area contributed by atoms with Crippen LogP contribution in [0.4, 0.5) is 4.39 Å². The number of Topliss-reactive ketones (excluding diaryl/α,β-unsaturated/α-hetero) is 1. The number of carbonyl (C=O) groups excluding carboxylic acids is 1. The van der Waals surface area contributed by atoms with Gasteiger partial charge in [-0.2, -0.15) is 0 Å². The molecule has 0 N–H and O–H groups in total. The molecule has 158 valence electrons. The Balaban J connectivity index is 1.92. The molecule has 0 fully saturated rings. The first-order valence-electron chi connectivity index (χ1n) is 9.80. The summed E-state index contributed by atoms with van der Waals surface area (Å²) in [6.45, 7) is 8.05. The Bertz CT molecular complexity index is 1060. The van der Waals surface area contributed by atoms with Crippen LogP contribution in [-0.4, -0.2) is 45.3 Å². The molecule has 0 bridgehead atoms. The summed E-state index contributed by atoms with van der Waals surface area (Å²) in [6.07, 6.45) is 0. The molecule has 1 heterocycles. The van der Waals surface area contributed by atoms with Crippen molar-refractivity contribution in [2.24, 2.45) is 0 Å². The van der Waals surface area contributed by atoms with E-state index in [9.17, 15) is 9.18 Å². The van der Waals surface area contributed by atoms with Gasteiger partial charge in [-0.25, -0.2) is 4.39 Å². The number of nitrogens with zero attached hydrogens (tertiary/aromatic N) is 4. The van der Waals surface area contributed by atoms with E-state index in [1.807, 2.05) is 63.4 Å². The highest BCUT2D eigenvalue weighted by atomic mass is 32.2. The van der Waals surface area contributed by atoms with E-state index in [-0.39, 0.29) is 23.4 Å². The van der Waals surface area contributed by atoms with Crippen LogP contribution in [0, 0.1) is 26.6 Å². The summed E-state index contributed by atoms with van der Waals surface area (Å²) in [7, 11) is 3.93. The van der Waals surface area contributed by atoms with Gasteiger partial charge in [0, 0.05) is 11.3 Å². The number of thioether (sulfide) groups is 1. The number of aryl methyl sites for hydroxylation is 3. The van der Waals surface area contributed by atoms with Crippen molar-refractivity contribution in [2.75, 3.05) is 19.8 Å². The lowest BCUT2D eigenvalue weighted by atomic mass is 9.99. The Hall–Kier alpha value is -2.51. The lowest BCUT2D eigenvalue weighted by Crippen LogP contribution is -2.20. The maximum absolute atomic E-state index is 13.5. The number of aromatic nitrogens is 3. The summed E-state index contributed by atoms with van der Waals surface area (Å²) in [5.74, 6) is 0.739. The Labute approximate surface area is 181 Å². The fraction of sp³-hybridized carbons (Fsp3) is 0.348. The van der Waals surface area contributed by atoms with Crippen molar-refractivity contribution in [1.82, 2.24) is 19.7 Å². The highest BCUT2D eigenvalue weighted by molar-refractivity contribution is 7.99. The van der Waals surface area contributed by atoms with Gasteiger partial charge in [-0.1, -0.05) is 17.8 Å². The normalized spacial score (nSPS) is 12.4. The predicted molar refractivity (Wildman–Crippen MR) is 119 cm³/mol. The molecule has 7 heteroatoms. The molecule has 30 heavy (non-hydrogen) atoms. The van der Waals surface area contributed by atoms with Crippen molar-refractivity contribution in [3.05, 3.63) is 70.3 Å². The van der Waals surface area contributed by atoms with Gasteiger partial charge in [0.1, 0.15) is 5.82 Å². The maximum Gasteiger partial charge on any atom is 0.196 e. The minimum Gasteiger partial charge on any atom is -0.300 e. The van der Waals surface area contributed by atoms with Crippen molar-refractivity contribution < 1.29 is 9.18 Å². The van der Waals surface area contributed by atoms with E-state index in [0.717, 1.165) is 28.2 Å². The molecular weight excluding hydrogens is 399 g/mol. The SMILES string of the molecule is Cc1cc(C)c(C(=O)CSc2nnc([C@H](C)N(C)C)n2-c2ccc(F)cc2)cc1C. The summed E-state index contributed by atoms with van der Waals surface area (Å²) in [6, 6.07) is 10.2. The molecule has 3 aromatic rings. The zero-order chi connectivity index (χ0) is 22.0. The Morgan fingerprint density at radius 1 is 1.07 bits per heavy atom. The largest absolute Gasteiger partial charge is 0.300 e. The third-order valence-electron chi connectivity index (χ3n) is 5.36. The van der Waals surface area contributed by atoms with Crippen LogP contribution < -0.4 is 0 Å². The van der Waals surface area contributed by atoms with Crippen molar-refractivity contribution in [1.29, 1.82) is 0 Å². The number of hydrogen-bond acceptors (Lipinski definition) is 5. The molecule has 0 saturated heterocycles. The molecule has 0 aliphatic heterocycles. The topological polar surface area (TPSA) is 51.0 Å². The number of ketones is 1. The Kier molecular flexibility index (Phi) is 6.73. The summed E-state index contributed by atoms with van der Waals surface area (Å²) in [4.78, 5) is 14.9. The standard InChI is InChI=1S/C23H27FN4OS/c1-14-11-16(3)20(12-15(14)2)21(29)13-30-23-26-25-22(17(4)27(5)6)28(23)19-9-7-18(24)8-10-19/h7-12,17H,13H2,1-6H3/t17-/m0/s1.